The van der Waals surface area contributed by atoms with Gasteiger partial charge in [-0.25, -0.2) is 8.42 Å². The van der Waals surface area contributed by atoms with E-state index in [0.29, 0.717) is 22.7 Å². The standard InChI is InChI=1S/C17H18N2O4S/c1-10-5-6-15(22-4)17(7-10)24(20,21)19-14-9-13-12(3)18-23-16(13)8-11(14)2/h5-9,19H,1-4H3. The quantitative estimate of drug-likeness (QED) is 0.781. The van der Waals surface area contributed by atoms with Crippen molar-refractivity contribution in [3.63, 3.8) is 0 Å². The van der Waals surface area contributed by atoms with Gasteiger partial charge in [0, 0.05) is 5.39 Å². The first-order valence-electron chi connectivity index (χ1n) is 7.36. The largest absolute Gasteiger partial charge is 0.495 e. The minimum atomic E-state index is -3.79. The molecule has 3 aromatic rings. The first-order chi connectivity index (χ1) is 11.3. The number of hydrogen-bond donors (Lipinski definition) is 1. The molecule has 0 saturated carbocycles. The van der Waals surface area contributed by atoms with E-state index in [1.54, 1.807) is 30.3 Å². The zero-order valence-corrected chi connectivity index (χ0v) is 14.7. The molecule has 0 atom stereocenters. The van der Waals surface area contributed by atoms with Crippen LogP contribution in [0, 0.1) is 20.8 Å². The number of nitrogens with zero attached hydrogens (tertiary/aromatic N) is 1. The summed E-state index contributed by atoms with van der Waals surface area (Å²) in [6, 6.07) is 8.52. The van der Waals surface area contributed by atoms with Crippen LogP contribution in [0.2, 0.25) is 0 Å². The summed E-state index contributed by atoms with van der Waals surface area (Å²) in [7, 11) is -2.35. The Bertz CT molecular complexity index is 1020. The highest BCUT2D eigenvalue weighted by Crippen LogP contribution is 2.30. The predicted octanol–water partition coefficient (Wildman–Crippen LogP) is 3.56. The highest BCUT2D eigenvalue weighted by molar-refractivity contribution is 7.92. The minimum Gasteiger partial charge on any atom is -0.495 e. The van der Waals surface area contributed by atoms with Crippen LogP contribution in [-0.2, 0) is 10.0 Å². The highest BCUT2D eigenvalue weighted by Gasteiger charge is 2.21. The molecule has 3 rings (SSSR count). The Balaban J connectivity index is 2.08. The lowest BCUT2D eigenvalue weighted by atomic mass is 10.1. The average molecular weight is 346 g/mol. The van der Waals surface area contributed by atoms with Crippen molar-refractivity contribution in [2.75, 3.05) is 11.8 Å². The van der Waals surface area contributed by atoms with Gasteiger partial charge >= 0.3 is 0 Å². The van der Waals surface area contributed by atoms with Gasteiger partial charge in [0.15, 0.2) is 5.58 Å². The molecule has 0 bridgehead atoms. The van der Waals surface area contributed by atoms with Crippen molar-refractivity contribution in [2.24, 2.45) is 0 Å². The molecule has 0 spiro atoms. The number of anilines is 1. The second kappa shape index (κ2) is 5.83. The van der Waals surface area contributed by atoms with Gasteiger partial charge in [-0.3, -0.25) is 4.72 Å². The fourth-order valence-electron chi connectivity index (χ4n) is 2.51. The number of methoxy groups -OCH3 is 1. The molecular weight excluding hydrogens is 328 g/mol. The van der Waals surface area contributed by atoms with Crippen molar-refractivity contribution in [2.45, 2.75) is 25.7 Å². The normalized spacial score (nSPS) is 11.7. The van der Waals surface area contributed by atoms with Crippen molar-refractivity contribution in [1.82, 2.24) is 5.16 Å². The topological polar surface area (TPSA) is 81.4 Å². The third kappa shape index (κ3) is 2.82. The van der Waals surface area contributed by atoms with E-state index in [1.807, 2.05) is 20.8 Å². The molecule has 6 nitrogen and oxygen atoms in total. The molecule has 0 aliphatic carbocycles. The summed E-state index contributed by atoms with van der Waals surface area (Å²) in [5.41, 5.74) is 3.39. The maximum atomic E-state index is 12.8. The lowest BCUT2D eigenvalue weighted by Crippen LogP contribution is -2.15. The van der Waals surface area contributed by atoms with Gasteiger partial charge in [-0.05, 0) is 56.2 Å². The number of aryl methyl sites for hydroxylation is 3. The smallest absolute Gasteiger partial charge is 0.265 e. The lowest BCUT2D eigenvalue weighted by Gasteiger charge is -2.14. The van der Waals surface area contributed by atoms with E-state index in [9.17, 15) is 8.42 Å². The number of benzene rings is 2. The van der Waals surface area contributed by atoms with Gasteiger partial charge in [0.05, 0.1) is 18.5 Å². The lowest BCUT2D eigenvalue weighted by molar-refractivity contribution is 0.402. The molecule has 0 fully saturated rings. The first kappa shape index (κ1) is 16.3. The summed E-state index contributed by atoms with van der Waals surface area (Å²) in [5, 5.41) is 4.67. The molecule has 0 unspecified atom stereocenters. The van der Waals surface area contributed by atoms with Crippen molar-refractivity contribution >= 4 is 26.7 Å². The van der Waals surface area contributed by atoms with Crippen LogP contribution in [-0.4, -0.2) is 20.7 Å². The monoisotopic (exact) mass is 346 g/mol. The Hall–Kier alpha value is -2.54. The summed E-state index contributed by atoms with van der Waals surface area (Å²) < 4.78 is 38.7. The summed E-state index contributed by atoms with van der Waals surface area (Å²) in [6.07, 6.45) is 0. The Morgan fingerprint density at radius 2 is 1.88 bits per heavy atom. The van der Waals surface area contributed by atoms with Gasteiger partial charge in [0.25, 0.3) is 10.0 Å². The summed E-state index contributed by atoms with van der Waals surface area (Å²) >= 11 is 0. The summed E-state index contributed by atoms with van der Waals surface area (Å²) in [5.74, 6) is 0.299. The number of ether oxygens (including phenoxy) is 1. The van der Waals surface area contributed by atoms with Crippen LogP contribution in [0.4, 0.5) is 5.69 Å². The van der Waals surface area contributed by atoms with E-state index in [-0.39, 0.29) is 4.90 Å². The summed E-state index contributed by atoms with van der Waals surface area (Å²) in [4.78, 5) is 0.103. The van der Waals surface area contributed by atoms with Crippen molar-refractivity contribution in [3.8, 4) is 5.75 Å². The molecule has 1 heterocycles. The van der Waals surface area contributed by atoms with E-state index < -0.39 is 10.0 Å². The molecule has 0 saturated heterocycles. The van der Waals surface area contributed by atoms with Gasteiger partial charge in [0.1, 0.15) is 10.6 Å². The first-order valence-corrected chi connectivity index (χ1v) is 8.84. The Labute approximate surface area is 140 Å². The van der Waals surface area contributed by atoms with E-state index in [0.717, 1.165) is 16.5 Å². The molecule has 1 N–H and O–H groups in total. The molecule has 24 heavy (non-hydrogen) atoms. The van der Waals surface area contributed by atoms with E-state index in [2.05, 4.69) is 9.88 Å². The second-order valence-corrected chi connectivity index (χ2v) is 7.34. The molecule has 126 valence electrons. The van der Waals surface area contributed by atoms with Crippen molar-refractivity contribution in [1.29, 1.82) is 0 Å². The van der Waals surface area contributed by atoms with Crippen LogP contribution in [0.1, 0.15) is 16.8 Å². The van der Waals surface area contributed by atoms with Crippen LogP contribution < -0.4 is 9.46 Å². The fourth-order valence-corrected chi connectivity index (χ4v) is 3.89. The summed E-state index contributed by atoms with van der Waals surface area (Å²) in [6.45, 7) is 5.45. The molecule has 0 aliphatic rings. The Morgan fingerprint density at radius 1 is 1.12 bits per heavy atom. The second-order valence-electron chi connectivity index (χ2n) is 5.69. The van der Waals surface area contributed by atoms with Crippen LogP contribution in [0.25, 0.3) is 11.0 Å². The van der Waals surface area contributed by atoms with Gasteiger partial charge in [-0.15, -0.1) is 0 Å². The number of sulfonamides is 1. The van der Waals surface area contributed by atoms with E-state index in [4.69, 9.17) is 9.26 Å². The third-order valence-electron chi connectivity index (χ3n) is 3.85. The maximum absolute atomic E-state index is 12.8. The average Bonchev–Trinajstić information content (AvgIpc) is 2.88. The molecule has 0 radical (unpaired) electrons. The van der Waals surface area contributed by atoms with Crippen molar-refractivity contribution < 1.29 is 17.7 Å². The van der Waals surface area contributed by atoms with E-state index in [1.165, 1.54) is 7.11 Å². The molecule has 0 amide bonds. The minimum absolute atomic E-state index is 0.103. The van der Waals surface area contributed by atoms with Crippen LogP contribution in [0.15, 0.2) is 39.8 Å². The number of hydrogen-bond acceptors (Lipinski definition) is 5. The zero-order chi connectivity index (χ0) is 17.5. The van der Waals surface area contributed by atoms with Crippen molar-refractivity contribution in [3.05, 3.63) is 47.2 Å². The Kier molecular flexibility index (Phi) is 3.96. The number of fused-ring (bicyclic) bond motifs is 1. The predicted molar refractivity (Wildman–Crippen MR) is 92.0 cm³/mol. The number of rotatable bonds is 4. The Morgan fingerprint density at radius 3 is 2.58 bits per heavy atom. The maximum Gasteiger partial charge on any atom is 0.265 e. The molecule has 7 heteroatoms. The van der Waals surface area contributed by atoms with Crippen LogP contribution in [0.3, 0.4) is 0 Å². The highest BCUT2D eigenvalue weighted by atomic mass is 32.2. The SMILES string of the molecule is COc1ccc(C)cc1S(=O)(=O)Nc1cc2c(C)noc2cc1C. The molecular formula is C17H18N2O4S. The zero-order valence-electron chi connectivity index (χ0n) is 13.9. The molecule has 1 aromatic heterocycles. The third-order valence-corrected chi connectivity index (χ3v) is 5.24. The van der Waals surface area contributed by atoms with Crippen LogP contribution >= 0.6 is 0 Å². The van der Waals surface area contributed by atoms with E-state index >= 15 is 0 Å². The fraction of sp³-hybridized carbons (Fsp3) is 0.235. The number of nitrogens with one attached hydrogen (secondary N) is 1. The van der Waals surface area contributed by atoms with Crippen LogP contribution in [0.5, 0.6) is 5.75 Å². The van der Waals surface area contributed by atoms with Gasteiger partial charge < -0.3 is 9.26 Å². The van der Waals surface area contributed by atoms with Gasteiger partial charge in [-0.1, -0.05) is 11.2 Å². The molecule has 2 aromatic carbocycles. The van der Waals surface area contributed by atoms with Gasteiger partial charge in [-0.2, -0.15) is 0 Å². The molecule has 0 aliphatic heterocycles. The van der Waals surface area contributed by atoms with Gasteiger partial charge in [0.2, 0.25) is 0 Å². The number of aromatic nitrogens is 1.